The maximum Gasteiger partial charge on any atom is 0.417 e. The Kier molecular flexibility index (Phi) is 9.90. The molecule has 6 rings (SSSR count). The predicted molar refractivity (Wildman–Crippen MR) is 176 cm³/mol. The van der Waals surface area contributed by atoms with Crippen LogP contribution in [-0.4, -0.2) is 113 Å². The summed E-state index contributed by atoms with van der Waals surface area (Å²) in [5, 5.41) is 24.5. The molecule has 51 heavy (non-hydrogen) atoms. The number of carbonyl (C=O) groups is 5. The average Bonchev–Trinajstić information content (AvgIpc) is 3.33. The number of benzene rings is 2. The van der Waals surface area contributed by atoms with Crippen molar-refractivity contribution >= 4 is 40.9 Å². The van der Waals surface area contributed by atoms with E-state index in [0.717, 1.165) is 49.1 Å². The van der Waals surface area contributed by atoms with Gasteiger partial charge in [-0.15, -0.1) is 0 Å². The summed E-state index contributed by atoms with van der Waals surface area (Å²) >= 11 is 0. The number of β-amino-alcohol motifs (C(OH)–C–C–N with tert-alkyl or cyclic N) is 1. The van der Waals surface area contributed by atoms with Crippen molar-refractivity contribution in [3.8, 4) is 6.07 Å². The molecule has 3 saturated heterocycles. The molecule has 5 amide bonds. The average molecular weight is 710 g/mol. The van der Waals surface area contributed by atoms with Crippen LogP contribution >= 0.6 is 0 Å². The summed E-state index contributed by atoms with van der Waals surface area (Å²) < 4.78 is 40.0. The molecule has 0 saturated carbocycles. The molecule has 4 aliphatic rings. The smallest absolute Gasteiger partial charge is 0.379 e. The van der Waals surface area contributed by atoms with Gasteiger partial charge in [-0.05, 0) is 68.5 Å². The Labute approximate surface area is 291 Å². The van der Waals surface area contributed by atoms with Gasteiger partial charge in [0.15, 0.2) is 5.60 Å². The van der Waals surface area contributed by atoms with Crippen LogP contribution in [0.15, 0.2) is 36.4 Å². The van der Waals surface area contributed by atoms with Crippen molar-refractivity contribution in [1.29, 1.82) is 5.26 Å². The van der Waals surface area contributed by atoms with Gasteiger partial charge in [-0.2, -0.15) is 18.4 Å². The number of fused-ring (bicyclic) bond motifs is 1. The first-order valence-electron chi connectivity index (χ1n) is 16.8. The normalized spacial score (nSPS) is 22.0. The molecule has 2 aromatic carbocycles. The van der Waals surface area contributed by atoms with Crippen molar-refractivity contribution in [1.82, 2.24) is 20.0 Å². The predicted octanol–water partition coefficient (Wildman–Crippen LogP) is 2.20. The number of carbonyl (C=O) groups excluding carboxylic acids is 5. The quantitative estimate of drug-likeness (QED) is 0.346. The number of imide groups is 2. The van der Waals surface area contributed by atoms with Crippen molar-refractivity contribution in [2.24, 2.45) is 5.92 Å². The Morgan fingerprint density at radius 1 is 0.941 bits per heavy atom. The molecule has 270 valence electrons. The van der Waals surface area contributed by atoms with E-state index in [1.165, 1.54) is 19.1 Å². The molecule has 0 spiro atoms. The maximum atomic E-state index is 13.3. The fourth-order valence-electron chi connectivity index (χ4n) is 7.25. The lowest BCUT2D eigenvalue weighted by atomic mass is 9.95. The highest BCUT2D eigenvalue weighted by atomic mass is 19.4. The SMILES string of the molecule is C[C@](O)(CN1CCN(CC2CCN(c3ccc4c(c3)C(=O)N(C3CCC(=O)NC3=O)C4=O)CC2)CC1)C(=O)Nc1ccc(C#N)c(C(F)(F)F)c1. The highest BCUT2D eigenvalue weighted by Gasteiger charge is 2.45. The molecular formula is C35H38F3N7O6. The summed E-state index contributed by atoms with van der Waals surface area (Å²) in [6.45, 7) is 6.31. The number of rotatable bonds is 8. The summed E-state index contributed by atoms with van der Waals surface area (Å²) in [6.07, 6.45) is -2.80. The van der Waals surface area contributed by atoms with Crippen molar-refractivity contribution < 1.29 is 42.3 Å². The Hall–Kier alpha value is -4.85. The zero-order valence-electron chi connectivity index (χ0n) is 28.0. The first kappa shape index (κ1) is 36.0. The Morgan fingerprint density at radius 2 is 1.61 bits per heavy atom. The van der Waals surface area contributed by atoms with Crippen molar-refractivity contribution in [3.63, 3.8) is 0 Å². The van der Waals surface area contributed by atoms with Gasteiger partial charge in [0.1, 0.15) is 6.04 Å². The lowest BCUT2D eigenvalue weighted by Crippen LogP contribution is -2.55. The van der Waals surface area contributed by atoms with E-state index in [9.17, 15) is 42.3 Å². The second-order valence-electron chi connectivity index (χ2n) is 13.8. The van der Waals surface area contributed by atoms with Crippen molar-refractivity contribution in [3.05, 3.63) is 58.7 Å². The van der Waals surface area contributed by atoms with Crippen LogP contribution in [0.3, 0.4) is 0 Å². The Bertz CT molecular complexity index is 1790. The lowest BCUT2D eigenvalue weighted by Gasteiger charge is -2.40. The molecule has 0 radical (unpaired) electrons. The van der Waals surface area contributed by atoms with Gasteiger partial charge in [-0.3, -0.25) is 39.1 Å². The van der Waals surface area contributed by atoms with Gasteiger partial charge in [-0.1, -0.05) is 0 Å². The van der Waals surface area contributed by atoms with Gasteiger partial charge in [0.25, 0.3) is 17.7 Å². The van der Waals surface area contributed by atoms with E-state index >= 15 is 0 Å². The summed E-state index contributed by atoms with van der Waals surface area (Å²) in [4.78, 5) is 70.5. The standard InChI is InChI=1S/C35H38F3N7O6/c1-34(51,33(50)40-23-3-2-22(18-39)27(16-23)35(36,37)38)20-43-14-12-42(13-15-43)19-21-8-10-44(11-9-21)24-4-5-25-26(17-24)32(49)45(31(25)48)28-6-7-29(46)41-30(28)47/h2-5,16-17,21,28,51H,6-15,19-20H2,1H3,(H,40,50)(H,41,46,47)/t28?,34-/m0/s1. The van der Waals surface area contributed by atoms with Crippen LogP contribution in [0.2, 0.25) is 0 Å². The van der Waals surface area contributed by atoms with Crippen LogP contribution < -0.4 is 15.5 Å². The summed E-state index contributed by atoms with van der Waals surface area (Å²) in [7, 11) is 0. The molecule has 2 aromatic rings. The highest BCUT2D eigenvalue weighted by Crippen LogP contribution is 2.35. The second kappa shape index (κ2) is 14.0. The molecule has 4 aliphatic heterocycles. The van der Waals surface area contributed by atoms with E-state index < -0.39 is 58.5 Å². The summed E-state index contributed by atoms with van der Waals surface area (Å²) in [6, 6.07) is 8.49. The number of nitriles is 1. The van der Waals surface area contributed by atoms with Gasteiger partial charge >= 0.3 is 6.18 Å². The van der Waals surface area contributed by atoms with E-state index in [2.05, 4.69) is 20.4 Å². The van der Waals surface area contributed by atoms with E-state index in [-0.39, 0.29) is 36.2 Å². The maximum absolute atomic E-state index is 13.3. The first-order valence-corrected chi connectivity index (χ1v) is 16.8. The minimum absolute atomic E-state index is 0.00632. The Morgan fingerprint density at radius 3 is 2.25 bits per heavy atom. The van der Waals surface area contributed by atoms with E-state index in [1.54, 1.807) is 12.1 Å². The van der Waals surface area contributed by atoms with Gasteiger partial charge in [0.05, 0.1) is 28.3 Å². The van der Waals surface area contributed by atoms with E-state index in [4.69, 9.17) is 5.26 Å². The topological polar surface area (TPSA) is 166 Å². The zero-order valence-corrected chi connectivity index (χ0v) is 28.0. The minimum atomic E-state index is -4.78. The lowest BCUT2D eigenvalue weighted by molar-refractivity contribution is -0.138. The number of piperidine rings is 2. The fourth-order valence-corrected chi connectivity index (χ4v) is 7.25. The molecule has 0 aromatic heterocycles. The van der Waals surface area contributed by atoms with Crippen molar-refractivity contribution in [2.75, 3.05) is 62.6 Å². The molecule has 2 atom stereocenters. The molecular weight excluding hydrogens is 671 g/mol. The van der Waals surface area contributed by atoms with Gasteiger partial charge in [-0.25, -0.2) is 0 Å². The number of halogens is 3. The molecule has 1 unspecified atom stereocenters. The number of hydrogen-bond donors (Lipinski definition) is 3. The van der Waals surface area contributed by atoms with Crippen LogP contribution in [-0.2, 0) is 20.6 Å². The number of nitrogens with zero attached hydrogens (tertiary/aromatic N) is 5. The highest BCUT2D eigenvalue weighted by molar-refractivity contribution is 6.23. The fraction of sp³-hybridized carbons (Fsp3) is 0.486. The third kappa shape index (κ3) is 7.60. The third-order valence-corrected chi connectivity index (χ3v) is 10.1. The molecule has 3 N–H and O–H groups in total. The number of anilines is 2. The first-order chi connectivity index (χ1) is 24.1. The number of nitrogens with one attached hydrogen (secondary N) is 2. The molecule has 0 bridgehead atoms. The monoisotopic (exact) mass is 709 g/mol. The van der Waals surface area contributed by atoms with E-state index in [1.807, 2.05) is 11.0 Å². The molecule has 16 heteroatoms. The number of amides is 5. The molecule has 13 nitrogen and oxygen atoms in total. The van der Waals surface area contributed by atoms with Crippen molar-refractivity contribution in [2.45, 2.75) is 50.4 Å². The van der Waals surface area contributed by atoms with Crippen LogP contribution in [0, 0.1) is 17.2 Å². The second-order valence-corrected chi connectivity index (χ2v) is 13.8. The summed E-state index contributed by atoms with van der Waals surface area (Å²) in [5.41, 5.74) is -2.45. The van der Waals surface area contributed by atoms with Crippen LogP contribution in [0.25, 0.3) is 0 Å². The molecule has 0 aliphatic carbocycles. The molecule has 4 heterocycles. The van der Waals surface area contributed by atoms with Crippen LogP contribution in [0.4, 0.5) is 24.5 Å². The van der Waals surface area contributed by atoms with E-state index in [0.29, 0.717) is 38.2 Å². The zero-order chi connectivity index (χ0) is 36.7. The molecule has 3 fully saturated rings. The number of hydrogen-bond acceptors (Lipinski definition) is 10. The third-order valence-electron chi connectivity index (χ3n) is 10.1. The minimum Gasteiger partial charge on any atom is -0.379 e. The number of piperazine rings is 1. The number of alkyl halides is 3. The largest absolute Gasteiger partial charge is 0.417 e. The number of aliphatic hydroxyl groups is 1. The van der Waals surface area contributed by atoms with Crippen LogP contribution in [0.5, 0.6) is 0 Å². The van der Waals surface area contributed by atoms with Gasteiger partial charge < -0.3 is 20.2 Å². The summed E-state index contributed by atoms with van der Waals surface area (Å²) in [5.74, 6) is -2.56. The van der Waals surface area contributed by atoms with Crippen LogP contribution in [0.1, 0.15) is 64.4 Å². The van der Waals surface area contributed by atoms with Gasteiger partial charge in [0, 0.05) is 70.2 Å². The van der Waals surface area contributed by atoms with Gasteiger partial charge in [0.2, 0.25) is 11.8 Å². The Balaban J connectivity index is 0.961.